The number of imidazole rings is 1. The number of amides is 2. The molecule has 0 aliphatic rings. The number of nitrogens with one attached hydrogen (secondary N) is 2. The first kappa shape index (κ1) is 16.4. The Morgan fingerprint density at radius 3 is 1.96 bits per heavy atom. The average Bonchev–Trinajstić information content (AvgIpc) is 3.21. The molecule has 0 radical (unpaired) electrons. The van der Waals surface area contributed by atoms with Crippen molar-refractivity contribution in [3.63, 3.8) is 0 Å². The number of hydrogen-bond acceptors (Lipinski definition) is 3. The largest absolute Gasteiger partial charge is 0.306 e. The molecular formula is C19H18N4O2. The highest BCUT2D eigenvalue weighted by atomic mass is 16.2. The van der Waals surface area contributed by atoms with Gasteiger partial charge in [0.2, 0.25) is 0 Å². The summed E-state index contributed by atoms with van der Waals surface area (Å²) in [7, 11) is 0. The van der Waals surface area contributed by atoms with Gasteiger partial charge in [0.1, 0.15) is 0 Å². The van der Waals surface area contributed by atoms with Crippen molar-refractivity contribution in [1.29, 1.82) is 0 Å². The summed E-state index contributed by atoms with van der Waals surface area (Å²) in [4.78, 5) is 28.2. The van der Waals surface area contributed by atoms with Gasteiger partial charge in [0, 0.05) is 29.2 Å². The Hall–Kier alpha value is -3.41. The minimum absolute atomic E-state index is 0.356. The molecule has 0 saturated carbocycles. The Balaban J connectivity index is 1.59. The van der Waals surface area contributed by atoms with E-state index >= 15 is 0 Å². The van der Waals surface area contributed by atoms with Gasteiger partial charge < -0.3 is 4.57 Å². The summed E-state index contributed by atoms with van der Waals surface area (Å²) in [6, 6.07) is 14.3. The molecular weight excluding hydrogens is 316 g/mol. The van der Waals surface area contributed by atoms with Crippen molar-refractivity contribution < 1.29 is 9.59 Å². The van der Waals surface area contributed by atoms with Crippen molar-refractivity contribution in [3.8, 4) is 5.69 Å². The third kappa shape index (κ3) is 3.92. The number of nitrogens with zero attached hydrogens (tertiary/aromatic N) is 2. The normalized spacial score (nSPS) is 10.3. The predicted molar refractivity (Wildman–Crippen MR) is 94.3 cm³/mol. The van der Waals surface area contributed by atoms with Crippen molar-refractivity contribution in [2.45, 2.75) is 13.3 Å². The SMILES string of the molecule is CCc1ccc(C(=O)NNC(=O)c2ccc(-n3ccnc3)cc2)cc1. The van der Waals surface area contributed by atoms with Crippen LogP contribution in [0.1, 0.15) is 33.2 Å². The number of rotatable bonds is 4. The first-order valence-corrected chi connectivity index (χ1v) is 7.95. The topological polar surface area (TPSA) is 76.0 Å². The van der Waals surface area contributed by atoms with Crippen LogP contribution in [-0.2, 0) is 6.42 Å². The molecule has 25 heavy (non-hydrogen) atoms. The van der Waals surface area contributed by atoms with Crippen LogP contribution in [0.5, 0.6) is 0 Å². The van der Waals surface area contributed by atoms with Gasteiger partial charge in [-0.1, -0.05) is 19.1 Å². The van der Waals surface area contributed by atoms with E-state index in [0.29, 0.717) is 11.1 Å². The van der Waals surface area contributed by atoms with Crippen molar-refractivity contribution in [3.05, 3.63) is 83.9 Å². The van der Waals surface area contributed by atoms with E-state index in [1.807, 2.05) is 42.0 Å². The summed E-state index contributed by atoms with van der Waals surface area (Å²) >= 11 is 0. The molecule has 0 atom stereocenters. The van der Waals surface area contributed by atoms with Gasteiger partial charge in [-0.3, -0.25) is 20.4 Å². The lowest BCUT2D eigenvalue weighted by atomic mass is 10.1. The first-order chi connectivity index (χ1) is 12.2. The fourth-order valence-electron chi connectivity index (χ4n) is 2.35. The van der Waals surface area contributed by atoms with E-state index < -0.39 is 0 Å². The summed E-state index contributed by atoms with van der Waals surface area (Å²) in [5.74, 6) is -0.734. The molecule has 6 heteroatoms. The third-order valence-electron chi connectivity index (χ3n) is 3.85. The zero-order valence-electron chi connectivity index (χ0n) is 13.8. The van der Waals surface area contributed by atoms with Crippen LogP contribution in [0.2, 0.25) is 0 Å². The standard InChI is InChI=1S/C19H18N4O2/c1-2-14-3-5-15(6-4-14)18(24)21-22-19(25)16-7-9-17(10-8-16)23-12-11-20-13-23/h3-13H,2H2,1H3,(H,21,24)(H,22,25). The molecule has 0 spiro atoms. The van der Waals surface area contributed by atoms with E-state index in [1.54, 1.807) is 36.8 Å². The fraction of sp³-hybridized carbons (Fsp3) is 0.105. The van der Waals surface area contributed by atoms with Crippen LogP contribution in [0.25, 0.3) is 5.69 Å². The van der Waals surface area contributed by atoms with E-state index in [4.69, 9.17) is 0 Å². The molecule has 6 nitrogen and oxygen atoms in total. The van der Waals surface area contributed by atoms with Crippen LogP contribution in [0.15, 0.2) is 67.3 Å². The molecule has 126 valence electrons. The second-order valence-electron chi connectivity index (χ2n) is 5.48. The van der Waals surface area contributed by atoms with Crippen LogP contribution < -0.4 is 10.9 Å². The molecule has 0 unspecified atom stereocenters. The minimum atomic E-state index is -0.379. The molecule has 0 aliphatic heterocycles. The maximum atomic E-state index is 12.1. The Kier molecular flexibility index (Phi) is 4.89. The monoisotopic (exact) mass is 334 g/mol. The number of benzene rings is 2. The van der Waals surface area contributed by atoms with E-state index in [2.05, 4.69) is 15.8 Å². The molecule has 2 amide bonds. The zero-order chi connectivity index (χ0) is 17.6. The predicted octanol–water partition coefficient (Wildman–Crippen LogP) is 2.51. The summed E-state index contributed by atoms with van der Waals surface area (Å²) in [6.45, 7) is 2.05. The maximum absolute atomic E-state index is 12.1. The second-order valence-corrected chi connectivity index (χ2v) is 5.48. The third-order valence-corrected chi connectivity index (χ3v) is 3.85. The van der Waals surface area contributed by atoms with Gasteiger partial charge in [0.15, 0.2) is 0 Å². The van der Waals surface area contributed by atoms with Gasteiger partial charge in [0.05, 0.1) is 6.33 Å². The molecule has 1 aromatic heterocycles. The number of carbonyl (C=O) groups is 2. The second kappa shape index (κ2) is 7.44. The summed E-state index contributed by atoms with van der Waals surface area (Å²) in [6.07, 6.45) is 6.09. The summed E-state index contributed by atoms with van der Waals surface area (Å²) in [5, 5.41) is 0. The fourth-order valence-corrected chi connectivity index (χ4v) is 2.35. The number of carbonyl (C=O) groups excluding carboxylic acids is 2. The molecule has 0 fully saturated rings. The summed E-state index contributed by atoms with van der Waals surface area (Å²) in [5.41, 5.74) is 7.84. The van der Waals surface area contributed by atoms with E-state index in [-0.39, 0.29) is 11.8 Å². The van der Waals surface area contributed by atoms with Gasteiger partial charge in [0.25, 0.3) is 11.8 Å². The van der Waals surface area contributed by atoms with Crippen molar-refractivity contribution in [2.75, 3.05) is 0 Å². The smallest absolute Gasteiger partial charge is 0.269 e. The van der Waals surface area contributed by atoms with Gasteiger partial charge in [-0.15, -0.1) is 0 Å². The van der Waals surface area contributed by atoms with Gasteiger partial charge in [-0.2, -0.15) is 0 Å². The van der Waals surface area contributed by atoms with Crippen LogP contribution >= 0.6 is 0 Å². The van der Waals surface area contributed by atoms with E-state index in [0.717, 1.165) is 17.7 Å². The Bertz CT molecular complexity index is 853. The molecule has 0 saturated heterocycles. The Morgan fingerprint density at radius 1 is 0.920 bits per heavy atom. The maximum Gasteiger partial charge on any atom is 0.269 e. The van der Waals surface area contributed by atoms with E-state index in [1.165, 1.54) is 0 Å². The van der Waals surface area contributed by atoms with Gasteiger partial charge in [-0.25, -0.2) is 4.98 Å². The van der Waals surface area contributed by atoms with E-state index in [9.17, 15) is 9.59 Å². The van der Waals surface area contributed by atoms with Crippen LogP contribution in [0.3, 0.4) is 0 Å². The van der Waals surface area contributed by atoms with Crippen molar-refractivity contribution >= 4 is 11.8 Å². The zero-order valence-corrected chi connectivity index (χ0v) is 13.8. The molecule has 0 aliphatic carbocycles. The quantitative estimate of drug-likeness (QED) is 0.720. The van der Waals surface area contributed by atoms with Gasteiger partial charge in [-0.05, 0) is 48.4 Å². The molecule has 2 N–H and O–H groups in total. The lowest BCUT2D eigenvalue weighted by Gasteiger charge is -2.08. The molecule has 2 aromatic carbocycles. The van der Waals surface area contributed by atoms with Crippen LogP contribution in [0.4, 0.5) is 0 Å². The van der Waals surface area contributed by atoms with Crippen molar-refractivity contribution in [2.24, 2.45) is 0 Å². The number of aryl methyl sites for hydroxylation is 1. The molecule has 3 aromatic rings. The Labute approximate surface area is 145 Å². The highest BCUT2D eigenvalue weighted by Crippen LogP contribution is 2.09. The number of hydrazine groups is 1. The molecule has 1 heterocycles. The highest BCUT2D eigenvalue weighted by Gasteiger charge is 2.09. The first-order valence-electron chi connectivity index (χ1n) is 7.95. The van der Waals surface area contributed by atoms with Gasteiger partial charge >= 0.3 is 0 Å². The Morgan fingerprint density at radius 2 is 1.48 bits per heavy atom. The average molecular weight is 334 g/mol. The van der Waals surface area contributed by atoms with Crippen LogP contribution in [-0.4, -0.2) is 21.4 Å². The number of hydrogen-bond donors (Lipinski definition) is 2. The minimum Gasteiger partial charge on any atom is -0.306 e. The lowest BCUT2D eigenvalue weighted by molar-refractivity contribution is 0.0846. The number of aromatic nitrogens is 2. The lowest BCUT2D eigenvalue weighted by Crippen LogP contribution is -2.41. The highest BCUT2D eigenvalue weighted by molar-refractivity contribution is 5.99. The van der Waals surface area contributed by atoms with Crippen LogP contribution in [0, 0.1) is 0 Å². The molecule has 0 bridgehead atoms. The van der Waals surface area contributed by atoms with Crippen molar-refractivity contribution in [1.82, 2.24) is 20.4 Å². The summed E-state index contributed by atoms with van der Waals surface area (Å²) < 4.78 is 1.84. The molecule has 3 rings (SSSR count).